The molecule has 0 radical (unpaired) electrons. The lowest BCUT2D eigenvalue weighted by atomic mass is 10.0. The molecule has 23 heavy (non-hydrogen) atoms. The van der Waals surface area contributed by atoms with Crippen LogP contribution in [0.1, 0.15) is 23.2 Å². The van der Waals surface area contributed by atoms with Gasteiger partial charge in [-0.3, -0.25) is 14.8 Å². The number of carbonyl (C=O) groups is 2. The van der Waals surface area contributed by atoms with Crippen molar-refractivity contribution in [1.82, 2.24) is 10.8 Å². The Hall–Kier alpha value is -2.86. The molecule has 0 atom stereocenters. The van der Waals surface area contributed by atoms with Crippen LogP contribution in [0.25, 0.3) is 11.1 Å². The first kappa shape index (κ1) is 16.5. The lowest BCUT2D eigenvalue weighted by molar-refractivity contribution is -0.129. The Balaban J connectivity index is 1.90. The highest BCUT2D eigenvalue weighted by molar-refractivity contribution is 5.94. The fourth-order valence-corrected chi connectivity index (χ4v) is 2.08. The minimum absolute atomic E-state index is 0.149. The van der Waals surface area contributed by atoms with Crippen LogP contribution in [-0.2, 0) is 4.79 Å². The Morgan fingerprint density at radius 3 is 2.04 bits per heavy atom. The van der Waals surface area contributed by atoms with E-state index in [0.717, 1.165) is 11.1 Å². The summed E-state index contributed by atoms with van der Waals surface area (Å²) in [5.41, 5.74) is 3.96. The minimum atomic E-state index is -0.475. The molecular formula is C17H18N2O4. The molecule has 0 aliphatic rings. The molecule has 0 saturated heterocycles. The van der Waals surface area contributed by atoms with Crippen molar-refractivity contribution in [1.29, 1.82) is 0 Å². The molecule has 0 unspecified atom stereocenters. The van der Waals surface area contributed by atoms with Gasteiger partial charge in [0.05, 0.1) is 0 Å². The smallest absolute Gasteiger partial charge is 0.251 e. The number of nitrogens with one attached hydrogen (secondary N) is 2. The van der Waals surface area contributed by atoms with Gasteiger partial charge in [0, 0.05) is 18.5 Å². The van der Waals surface area contributed by atoms with Gasteiger partial charge in [-0.25, -0.2) is 5.48 Å². The predicted octanol–water partition coefficient (Wildman–Crippen LogP) is 2.07. The second kappa shape index (κ2) is 7.95. The van der Waals surface area contributed by atoms with E-state index in [9.17, 15) is 14.7 Å². The van der Waals surface area contributed by atoms with Crippen LogP contribution in [0.15, 0.2) is 48.5 Å². The predicted molar refractivity (Wildman–Crippen MR) is 85.0 cm³/mol. The van der Waals surface area contributed by atoms with Gasteiger partial charge in [-0.2, -0.15) is 0 Å². The zero-order valence-electron chi connectivity index (χ0n) is 12.5. The number of amides is 2. The molecule has 2 aromatic carbocycles. The molecule has 0 aromatic heterocycles. The van der Waals surface area contributed by atoms with Crippen molar-refractivity contribution >= 4 is 11.8 Å². The van der Waals surface area contributed by atoms with Gasteiger partial charge in [0.25, 0.3) is 5.91 Å². The van der Waals surface area contributed by atoms with Crippen LogP contribution in [-0.4, -0.2) is 28.7 Å². The number of benzene rings is 2. The number of aromatic hydroxyl groups is 1. The summed E-state index contributed by atoms with van der Waals surface area (Å²) in [5, 5.41) is 20.3. The number of carbonyl (C=O) groups excluding carboxylic acids is 2. The molecule has 6 heteroatoms. The molecule has 0 fully saturated rings. The Morgan fingerprint density at radius 2 is 1.48 bits per heavy atom. The van der Waals surface area contributed by atoms with E-state index in [1.165, 1.54) is 0 Å². The standard InChI is InChI=1S/C17H18N2O4/c20-15-9-7-13(8-10-15)12-3-5-14(6-4-12)17(22)18-11-1-2-16(21)19-23/h3-10,20,23H,1-2,11H2,(H,18,22)(H,19,21). The number of hydrogen-bond acceptors (Lipinski definition) is 4. The van der Waals surface area contributed by atoms with Crippen LogP contribution < -0.4 is 10.8 Å². The van der Waals surface area contributed by atoms with Crippen LogP contribution in [0.3, 0.4) is 0 Å². The van der Waals surface area contributed by atoms with Gasteiger partial charge in [0.1, 0.15) is 5.75 Å². The maximum Gasteiger partial charge on any atom is 0.251 e. The molecule has 2 amide bonds. The molecule has 2 aromatic rings. The summed E-state index contributed by atoms with van der Waals surface area (Å²) in [6.45, 7) is 0.353. The van der Waals surface area contributed by atoms with E-state index in [2.05, 4.69) is 5.32 Å². The summed E-state index contributed by atoms with van der Waals surface area (Å²) in [6, 6.07) is 13.9. The van der Waals surface area contributed by atoms with Crippen molar-refractivity contribution in [3.8, 4) is 16.9 Å². The highest BCUT2D eigenvalue weighted by atomic mass is 16.5. The Bertz CT molecular complexity index is 666. The van der Waals surface area contributed by atoms with Crippen molar-refractivity contribution in [3.05, 3.63) is 54.1 Å². The molecule has 0 aliphatic carbocycles. The number of phenolic OH excluding ortho intramolecular Hbond substituents is 1. The summed E-state index contributed by atoms with van der Waals surface area (Å²) in [7, 11) is 0. The minimum Gasteiger partial charge on any atom is -0.508 e. The first-order valence-electron chi connectivity index (χ1n) is 7.21. The molecule has 0 bridgehead atoms. The molecule has 4 N–H and O–H groups in total. The van der Waals surface area contributed by atoms with E-state index < -0.39 is 5.91 Å². The largest absolute Gasteiger partial charge is 0.508 e. The summed E-state index contributed by atoms with van der Waals surface area (Å²) in [4.78, 5) is 22.8. The maximum absolute atomic E-state index is 12.0. The van der Waals surface area contributed by atoms with E-state index in [0.29, 0.717) is 18.5 Å². The molecular weight excluding hydrogens is 296 g/mol. The van der Waals surface area contributed by atoms with Gasteiger partial charge in [0.15, 0.2) is 0 Å². The van der Waals surface area contributed by atoms with Crippen LogP contribution in [0.4, 0.5) is 0 Å². The van der Waals surface area contributed by atoms with Gasteiger partial charge in [-0.1, -0.05) is 24.3 Å². The normalized spacial score (nSPS) is 10.1. The van der Waals surface area contributed by atoms with Crippen molar-refractivity contribution < 1.29 is 19.9 Å². The molecule has 0 aliphatic heterocycles. The molecule has 120 valence electrons. The number of hydrogen-bond donors (Lipinski definition) is 4. The van der Waals surface area contributed by atoms with Gasteiger partial charge in [-0.15, -0.1) is 0 Å². The monoisotopic (exact) mass is 314 g/mol. The molecule has 0 spiro atoms. The SMILES string of the molecule is O=C(CCCNC(=O)c1ccc(-c2ccc(O)cc2)cc1)NO. The number of rotatable bonds is 6. The van der Waals surface area contributed by atoms with E-state index in [-0.39, 0.29) is 18.1 Å². The van der Waals surface area contributed by atoms with Crippen molar-refractivity contribution in [2.75, 3.05) is 6.54 Å². The average Bonchev–Trinajstić information content (AvgIpc) is 2.59. The lowest BCUT2D eigenvalue weighted by Gasteiger charge is -2.06. The quantitative estimate of drug-likeness (QED) is 0.373. The van der Waals surface area contributed by atoms with Crippen molar-refractivity contribution in [2.24, 2.45) is 0 Å². The number of hydroxylamine groups is 1. The summed E-state index contributed by atoms with van der Waals surface area (Å²) in [6.07, 6.45) is 0.598. The van der Waals surface area contributed by atoms with Gasteiger partial charge in [0.2, 0.25) is 5.91 Å². The first-order chi connectivity index (χ1) is 11.1. The topological polar surface area (TPSA) is 98.7 Å². The molecule has 2 rings (SSSR count). The van der Waals surface area contributed by atoms with E-state index in [1.54, 1.807) is 41.9 Å². The average molecular weight is 314 g/mol. The van der Waals surface area contributed by atoms with Crippen LogP contribution >= 0.6 is 0 Å². The molecule has 6 nitrogen and oxygen atoms in total. The third-order valence-corrected chi connectivity index (χ3v) is 3.34. The van der Waals surface area contributed by atoms with Gasteiger partial charge < -0.3 is 10.4 Å². The van der Waals surface area contributed by atoms with E-state index in [1.807, 2.05) is 12.1 Å². The van der Waals surface area contributed by atoms with Crippen molar-refractivity contribution in [3.63, 3.8) is 0 Å². The highest BCUT2D eigenvalue weighted by Gasteiger charge is 2.06. The fourth-order valence-electron chi connectivity index (χ4n) is 2.08. The summed E-state index contributed by atoms with van der Waals surface area (Å²) < 4.78 is 0. The fraction of sp³-hybridized carbons (Fsp3) is 0.176. The molecule has 0 saturated carbocycles. The third-order valence-electron chi connectivity index (χ3n) is 3.34. The van der Waals surface area contributed by atoms with Crippen LogP contribution in [0.2, 0.25) is 0 Å². The Kier molecular flexibility index (Phi) is 5.71. The Morgan fingerprint density at radius 1 is 0.913 bits per heavy atom. The van der Waals surface area contributed by atoms with E-state index >= 15 is 0 Å². The van der Waals surface area contributed by atoms with Crippen LogP contribution in [0.5, 0.6) is 5.75 Å². The van der Waals surface area contributed by atoms with Gasteiger partial charge >= 0.3 is 0 Å². The van der Waals surface area contributed by atoms with Crippen molar-refractivity contribution in [2.45, 2.75) is 12.8 Å². The lowest BCUT2D eigenvalue weighted by Crippen LogP contribution is -2.26. The second-order valence-electron chi connectivity index (χ2n) is 5.02. The summed E-state index contributed by atoms with van der Waals surface area (Å²) in [5.74, 6) is -0.483. The zero-order valence-corrected chi connectivity index (χ0v) is 12.5. The Labute approximate surface area is 133 Å². The van der Waals surface area contributed by atoms with E-state index in [4.69, 9.17) is 5.21 Å². The maximum atomic E-state index is 12.0. The van der Waals surface area contributed by atoms with Gasteiger partial charge in [-0.05, 0) is 41.8 Å². The van der Waals surface area contributed by atoms with Crippen LogP contribution in [0, 0.1) is 0 Å². The first-order valence-corrected chi connectivity index (χ1v) is 7.21. The highest BCUT2D eigenvalue weighted by Crippen LogP contribution is 2.22. The number of phenols is 1. The second-order valence-corrected chi connectivity index (χ2v) is 5.02. The zero-order chi connectivity index (χ0) is 16.7. The summed E-state index contributed by atoms with van der Waals surface area (Å²) >= 11 is 0. The third kappa shape index (κ3) is 4.82. The molecule has 0 heterocycles.